The molecule has 5 nitrogen and oxygen atoms in total. The van der Waals surface area contributed by atoms with E-state index >= 15 is 0 Å². The van der Waals surface area contributed by atoms with Gasteiger partial charge in [0.2, 0.25) is 0 Å². The zero-order chi connectivity index (χ0) is 16.5. The zero-order valence-corrected chi connectivity index (χ0v) is 13.4. The summed E-state index contributed by atoms with van der Waals surface area (Å²) in [7, 11) is 0. The molecule has 6 heteroatoms. The van der Waals surface area contributed by atoms with E-state index in [0.717, 1.165) is 30.8 Å². The Morgan fingerprint density at radius 1 is 1.04 bits per heavy atom. The molecule has 1 aliphatic carbocycles. The van der Waals surface area contributed by atoms with Gasteiger partial charge in [-0.25, -0.2) is 4.39 Å². The number of halogens is 1. The lowest BCUT2D eigenvalue weighted by molar-refractivity contribution is 0.0746. The topological polar surface area (TPSA) is 49.3 Å². The summed E-state index contributed by atoms with van der Waals surface area (Å²) >= 11 is 0. The first kappa shape index (κ1) is 15.1. The molecule has 0 spiro atoms. The van der Waals surface area contributed by atoms with Gasteiger partial charge in [-0.2, -0.15) is 5.10 Å². The molecule has 0 saturated carbocycles. The lowest BCUT2D eigenvalue weighted by Crippen LogP contribution is -2.49. The van der Waals surface area contributed by atoms with E-state index in [-0.39, 0.29) is 11.7 Å². The second-order valence-corrected chi connectivity index (χ2v) is 6.32. The average Bonchev–Trinajstić information content (AvgIpc) is 3.09. The van der Waals surface area contributed by atoms with Crippen LogP contribution in [-0.4, -0.2) is 47.2 Å². The first-order valence-electron chi connectivity index (χ1n) is 8.36. The number of anilines is 1. The van der Waals surface area contributed by atoms with Crippen molar-refractivity contribution >= 4 is 11.7 Å². The summed E-state index contributed by atoms with van der Waals surface area (Å²) in [6.07, 6.45) is 3.26. The minimum absolute atomic E-state index is 0.116. The van der Waals surface area contributed by atoms with E-state index in [2.05, 4.69) is 21.2 Å². The second-order valence-electron chi connectivity index (χ2n) is 6.32. The van der Waals surface area contributed by atoms with Crippen molar-refractivity contribution in [3.05, 3.63) is 53.0 Å². The van der Waals surface area contributed by atoms with Crippen LogP contribution < -0.4 is 4.90 Å². The van der Waals surface area contributed by atoms with Crippen LogP contribution >= 0.6 is 0 Å². The Bertz CT molecular complexity index is 771. The number of aryl methyl sites for hydroxylation is 2. The van der Waals surface area contributed by atoms with Crippen LogP contribution in [0.5, 0.6) is 0 Å². The van der Waals surface area contributed by atoms with Crippen molar-refractivity contribution < 1.29 is 9.18 Å². The lowest BCUT2D eigenvalue weighted by Gasteiger charge is -2.35. The molecule has 2 aromatic rings. The van der Waals surface area contributed by atoms with E-state index in [9.17, 15) is 9.18 Å². The number of carbonyl (C=O) groups excluding carboxylic acids is 1. The van der Waals surface area contributed by atoms with Crippen LogP contribution in [0.15, 0.2) is 30.3 Å². The fourth-order valence-corrected chi connectivity index (χ4v) is 3.41. The molecular formula is C18H19FN4O. The number of benzene rings is 1. The van der Waals surface area contributed by atoms with Gasteiger partial charge in [-0.1, -0.05) is 6.07 Å². The number of fused-ring (bicyclic) bond motifs is 1. The third-order valence-electron chi connectivity index (χ3n) is 4.77. The number of amides is 1. The fraction of sp³-hybridized carbons (Fsp3) is 0.389. The highest BCUT2D eigenvalue weighted by atomic mass is 19.1. The molecule has 0 N–H and O–H groups in total. The summed E-state index contributed by atoms with van der Waals surface area (Å²) in [4.78, 5) is 16.4. The molecule has 4 rings (SSSR count). The maximum atomic E-state index is 13.3. The van der Waals surface area contributed by atoms with Crippen molar-refractivity contribution in [2.24, 2.45) is 0 Å². The molecule has 1 aromatic carbocycles. The monoisotopic (exact) mass is 326 g/mol. The number of piperazine rings is 1. The van der Waals surface area contributed by atoms with Crippen LogP contribution in [0.4, 0.5) is 10.2 Å². The lowest BCUT2D eigenvalue weighted by atomic mass is 10.1. The normalized spacial score (nSPS) is 17.0. The maximum Gasteiger partial charge on any atom is 0.254 e. The van der Waals surface area contributed by atoms with Gasteiger partial charge in [0.15, 0.2) is 5.82 Å². The molecule has 0 unspecified atom stereocenters. The van der Waals surface area contributed by atoms with E-state index in [4.69, 9.17) is 0 Å². The van der Waals surface area contributed by atoms with Gasteiger partial charge in [0, 0.05) is 31.7 Å². The Balaban J connectivity index is 1.42. The minimum Gasteiger partial charge on any atom is -0.352 e. The summed E-state index contributed by atoms with van der Waals surface area (Å²) in [6.45, 7) is 2.64. The molecular weight excluding hydrogens is 307 g/mol. The summed E-state index contributed by atoms with van der Waals surface area (Å²) in [5.41, 5.74) is 2.83. The van der Waals surface area contributed by atoms with Crippen LogP contribution in [0.1, 0.15) is 28.0 Å². The number of hydrogen-bond donors (Lipinski definition) is 0. The highest BCUT2D eigenvalue weighted by Crippen LogP contribution is 2.23. The molecule has 124 valence electrons. The molecule has 24 heavy (non-hydrogen) atoms. The molecule has 2 aliphatic rings. The predicted octanol–water partition coefficient (Wildman–Crippen LogP) is 2.07. The van der Waals surface area contributed by atoms with E-state index in [0.29, 0.717) is 31.7 Å². The molecule has 1 aliphatic heterocycles. The molecule has 0 bridgehead atoms. The average molecular weight is 326 g/mol. The maximum absolute atomic E-state index is 13.3. The van der Waals surface area contributed by atoms with Crippen LogP contribution in [0.25, 0.3) is 0 Å². The Morgan fingerprint density at radius 2 is 1.88 bits per heavy atom. The first-order valence-corrected chi connectivity index (χ1v) is 8.36. The molecule has 1 saturated heterocycles. The highest BCUT2D eigenvalue weighted by molar-refractivity contribution is 5.94. The number of aromatic nitrogens is 2. The predicted molar refractivity (Wildman–Crippen MR) is 88.6 cm³/mol. The van der Waals surface area contributed by atoms with E-state index < -0.39 is 0 Å². The summed E-state index contributed by atoms with van der Waals surface area (Å²) < 4.78 is 13.3. The van der Waals surface area contributed by atoms with Gasteiger partial charge >= 0.3 is 0 Å². The Kier molecular flexibility index (Phi) is 3.88. The third-order valence-corrected chi connectivity index (χ3v) is 4.77. The van der Waals surface area contributed by atoms with Crippen molar-refractivity contribution in [1.29, 1.82) is 0 Å². The molecule has 1 fully saturated rings. The quantitative estimate of drug-likeness (QED) is 0.848. The highest BCUT2D eigenvalue weighted by Gasteiger charge is 2.24. The van der Waals surface area contributed by atoms with Crippen LogP contribution in [0.2, 0.25) is 0 Å². The van der Waals surface area contributed by atoms with Crippen LogP contribution in [0.3, 0.4) is 0 Å². The summed E-state index contributed by atoms with van der Waals surface area (Å²) in [6, 6.07) is 8.00. The van der Waals surface area contributed by atoms with Gasteiger partial charge in [-0.3, -0.25) is 4.79 Å². The minimum atomic E-state index is -0.382. The van der Waals surface area contributed by atoms with Gasteiger partial charge in [-0.15, -0.1) is 5.10 Å². The van der Waals surface area contributed by atoms with Crippen molar-refractivity contribution in [3.8, 4) is 0 Å². The van der Waals surface area contributed by atoms with Crippen molar-refractivity contribution in [1.82, 2.24) is 15.1 Å². The van der Waals surface area contributed by atoms with Gasteiger partial charge in [0.1, 0.15) is 5.82 Å². The number of rotatable bonds is 2. The fourth-order valence-electron chi connectivity index (χ4n) is 3.41. The molecule has 0 radical (unpaired) electrons. The van der Waals surface area contributed by atoms with Gasteiger partial charge in [-0.05, 0) is 49.1 Å². The standard InChI is InChI=1S/C18H19FN4O/c19-15-5-1-4-14(11-15)18(24)23-9-7-22(8-10-23)17-12-13-3-2-6-16(13)20-21-17/h1,4-5,11-12H,2-3,6-10H2. The molecule has 2 heterocycles. The second kappa shape index (κ2) is 6.19. The molecule has 0 atom stereocenters. The molecule has 1 aromatic heterocycles. The SMILES string of the molecule is O=C(c1cccc(F)c1)N1CCN(c2cc3c(nn2)CCC3)CC1. The zero-order valence-electron chi connectivity index (χ0n) is 13.4. The van der Waals surface area contributed by atoms with Gasteiger partial charge < -0.3 is 9.80 Å². The largest absolute Gasteiger partial charge is 0.352 e. The van der Waals surface area contributed by atoms with E-state index in [1.54, 1.807) is 17.0 Å². The van der Waals surface area contributed by atoms with Crippen molar-refractivity contribution in [2.45, 2.75) is 19.3 Å². The molecule has 1 amide bonds. The van der Waals surface area contributed by atoms with Crippen LogP contribution in [0, 0.1) is 5.82 Å². The Morgan fingerprint density at radius 3 is 2.67 bits per heavy atom. The number of carbonyl (C=O) groups is 1. The Hall–Kier alpha value is -2.50. The number of nitrogens with zero attached hydrogens (tertiary/aromatic N) is 4. The van der Waals surface area contributed by atoms with Crippen molar-refractivity contribution in [3.63, 3.8) is 0 Å². The number of hydrogen-bond acceptors (Lipinski definition) is 4. The van der Waals surface area contributed by atoms with Gasteiger partial charge in [0.25, 0.3) is 5.91 Å². The summed E-state index contributed by atoms with van der Waals surface area (Å²) in [5.74, 6) is 0.399. The van der Waals surface area contributed by atoms with Crippen LogP contribution in [-0.2, 0) is 12.8 Å². The summed E-state index contributed by atoms with van der Waals surface area (Å²) in [5, 5.41) is 8.67. The third kappa shape index (κ3) is 2.84. The van der Waals surface area contributed by atoms with Crippen molar-refractivity contribution in [2.75, 3.05) is 31.1 Å². The first-order chi connectivity index (χ1) is 11.7. The van der Waals surface area contributed by atoms with E-state index in [1.165, 1.54) is 17.7 Å². The Labute approximate surface area is 140 Å². The smallest absolute Gasteiger partial charge is 0.254 e. The van der Waals surface area contributed by atoms with E-state index in [1.807, 2.05) is 0 Å². The van der Waals surface area contributed by atoms with Gasteiger partial charge in [0.05, 0.1) is 5.69 Å².